The Hall–Kier alpha value is -2.49. The van der Waals surface area contributed by atoms with Gasteiger partial charge in [0.25, 0.3) is 6.02 Å². The van der Waals surface area contributed by atoms with E-state index in [-0.39, 0.29) is 12.1 Å². The molecule has 0 bridgehead atoms. The predicted octanol–water partition coefficient (Wildman–Crippen LogP) is 2.37. The highest BCUT2D eigenvalue weighted by Gasteiger charge is 2.18. The van der Waals surface area contributed by atoms with Crippen molar-refractivity contribution in [3.8, 4) is 5.75 Å². The van der Waals surface area contributed by atoms with Gasteiger partial charge in [-0.3, -0.25) is 0 Å². The quantitative estimate of drug-likeness (QED) is 0.916. The lowest BCUT2D eigenvalue weighted by Crippen LogP contribution is -2.24. The highest BCUT2D eigenvalue weighted by molar-refractivity contribution is 5.73. The van der Waals surface area contributed by atoms with Crippen LogP contribution < -0.4 is 10.5 Å². The highest BCUT2D eigenvalue weighted by atomic mass is 16.5. The second-order valence-electron chi connectivity index (χ2n) is 5.00. The van der Waals surface area contributed by atoms with E-state index in [0.29, 0.717) is 13.2 Å². The summed E-state index contributed by atoms with van der Waals surface area (Å²) in [7, 11) is 0. The van der Waals surface area contributed by atoms with E-state index in [0.717, 1.165) is 17.7 Å². The lowest BCUT2D eigenvalue weighted by Gasteiger charge is -2.14. The minimum absolute atomic E-state index is 0.0882. The first-order valence-corrected chi connectivity index (χ1v) is 7.02. The molecule has 0 radical (unpaired) electrons. The van der Waals surface area contributed by atoms with Gasteiger partial charge in [-0.25, -0.2) is 4.99 Å². The van der Waals surface area contributed by atoms with E-state index in [9.17, 15) is 0 Å². The number of para-hydroxylation sites is 1. The number of hydrogen-bond donors (Lipinski definition) is 1. The molecule has 21 heavy (non-hydrogen) atoms. The van der Waals surface area contributed by atoms with Gasteiger partial charge in [0, 0.05) is 6.42 Å². The summed E-state index contributed by atoms with van der Waals surface area (Å²) in [6.07, 6.45) is 0.760. The van der Waals surface area contributed by atoms with Crippen LogP contribution in [0.4, 0.5) is 0 Å². The molecule has 1 unspecified atom stereocenters. The Balaban J connectivity index is 1.65. The number of amidine groups is 1. The molecule has 0 aromatic heterocycles. The second-order valence-corrected chi connectivity index (χ2v) is 5.00. The maximum absolute atomic E-state index is 5.89. The van der Waals surface area contributed by atoms with Gasteiger partial charge in [-0.15, -0.1) is 0 Å². The van der Waals surface area contributed by atoms with Gasteiger partial charge in [-0.2, -0.15) is 0 Å². The Kier molecular flexibility index (Phi) is 4.05. The summed E-state index contributed by atoms with van der Waals surface area (Å²) in [5.74, 6) is 0.885. The molecule has 4 heteroatoms. The molecule has 3 rings (SSSR count). The van der Waals surface area contributed by atoms with E-state index in [1.807, 2.05) is 36.4 Å². The summed E-state index contributed by atoms with van der Waals surface area (Å²) in [5, 5.41) is 0. The van der Waals surface area contributed by atoms with Crippen LogP contribution in [0.15, 0.2) is 59.6 Å². The number of benzene rings is 2. The zero-order chi connectivity index (χ0) is 14.5. The van der Waals surface area contributed by atoms with Crippen molar-refractivity contribution in [3.63, 3.8) is 0 Å². The SMILES string of the molecule is NC1=NCC(COc2ccccc2Cc2ccccc2)O1. The standard InChI is InChI=1S/C17H18N2O2/c18-17-19-11-15(21-17)12-20-16-9-5-4-8-14(16)10-13-6-2-1-3-7-13/h1-9,15H,10-12H2,(H2,18,19). The van der Waals surface area contributed by atoms with Crippen molar-refractivity contribution < 1.29 is 9.47 Å². The predicted molar refractivity (Wildman–Crippen MR) is 82.5 cm³/mol. The maximum Gasteiger partial charge on any atom is 0.282 e. The second kappa shape index (κ2) is 6.31. The lowest BCUT2D eigenvalue weighted by atomic mass is 10.0. The van der Waals surface area contributed by atoms with Gasteiger partial charge in [0.1, 0.15) is 12.4 Å². The van der Waals surface area contributed by atoms with Gasteiger partial charge in [0.15, 0.2) is 6.10 Å². The van der Waals surface area contributed by atoms with Gasteiger partial charge in [-0.05, 0) is 17.2 Å². The lowest BCUT2D eigenvalue weighted by molar-refractivity contribution is 0.141. The van der Waals surface area contributed by atoms with E-state index in [2.05, 4.69) is 23.2 Å². The number of ether oxygens (including phenoxy) is 2. The van der Waals surface area contributed by atoms with E-state index < -0.39 is 0 Å². The first-order valence-electron chi connectivity index (χ1n) is 7.02. The molecule has 2 aromatic rings. The van der Waals surface area contributed by atoms with E-state index in [1.54, 1.807) is 0 Å². The van der Waals surface area contributed by atoms with Gasteiger partial charge in [0.05, 0.1) is 6.54 Å². The van der Waals surface area contributed by atoms with Crippen LogP contribution in [-0.2, 0) is 11.2 Å². The minimum Gasteiger partial charge on any atom is -0.489 e. The largest absolute Gasteiger partial charge is 0.489 e. The number of nitrogens with zero attached hydrogens (tertiary/aromatic N) is 1. The number of nitrogens with two attached hydrogens (primary N) is 1. The summed E-state index contributed by atoms with van der Waals surface area (Å²) in [5.41, 5.74) is 7.92. The van der Waals surface area contributed by atoms with Gasteiger partial charge in [0.2, 0.25) is 0 Å². The summed E-state index contributed by atoms with van der Waals surface area (Å²) in [4.78, 5) is 4.01. The van der Waals surface area contributed by atoms with Crippen molar-refractivity contribution in [2.24, 2.45) is 10.7 Å². The molecule has 0 fully saturated rings. The summed E-state index contributed by atoms with van der Waals surface area (Å²) < 4.78 is 11.2. The summed E-state index contributed by atoms with van der Waals surface area (Å²) >= 11 is 0. The topological polar surface area (TPSA) is 56.8 Å². The average Bonchev–Trinajstić information content (AvgIpc) is 2.93. The Morgan fingerprint density at radius 3 is 2.62 bits per heavy atom. The third kappa shape index (κ3) is 3.54. The molecule has 1 aliphatic heterocycles. The molecule has 1 heterocycles. The molecule has 1 atom stereocenters. The molecule has 2 N–H and O–H groups in total. The normalized spacial score (nSPS) is 17.1. The molecule has 4 nitrogen and oxygen atoms in total. The Labute approximate surface area is 124 Å². The maximum atomic E-state index is 5.89. The van der Waals surface area contributed by atoms with Gasteiger partial charge >= 0.3 is 0 Å². The first kappa shape index (κ1) is 13.5. The fraction of sp³-hybridized carbons (Fsp3) is 0.235. The molecule has 0 saturated heterocycles. The van der Waals surface area contributed by atoms with Crippen LogP contribution in [0, 0.1) is 0 Å². The Morgan fingerprint density at radius 2 is 1.86 bits per heavy atom. The van der Waals surface area contributed by atoms with Crippen LogP contribution >= 0.6 is 0 Å². The fourth-order valence-electron chi connectivity index (χ4n) is 2.31. The van der Waals surface area contributed by atoms with Crippen molar-refractivity contribution >= 4 is 6.02 Å². The first-order chi connectivity index (χ1) is 10.3. The zero-order valence-corrected chi connectivity index (χ0v) is 11.7. The molecular formula is C17H18N2O2. The molecule has 0 spiro atoms. The molecule has 0 aliphatic carbocycles. The van der Waals surface area contributed by atoms with E-state index >= 15 is 0 Å². The third-order valence-electron chi connectivity index (χ3n) is 3.37. The number of aliphatic imine (C=N–C) groups is 1. The van der Waals surface area contributed by atoms with Crippen molar-refractivity contribution in [2.45, 2.75) is 12.5 Å². The summed E-state index contributed by atoms with van der Waals surface area (Å²) in [6, 6.07) is 18.7. The van der Waals surface area contributed by atoms with Crippen LogP contribution in [0.25, 0.3) is 0 Å². The third-order valence-corrected chi connectivity index (χ3v) is 3.37. The Morgan fingerprint density at radius 1 is 1.10 bits per heavy atom. The van der Waals surface area contributed by atoms with Crippen molar-refractivity contribution in [1.29, 1.82) is 0 Å². The summed E-state index contributed by atoms with van der Waals surface area (Å²) in [6.45, 7) is 1.02. The van der Waals surface area contributed by atoms with Gasteiger partial charge in [-0.1, -0.05) is 48.5 Å². The van der Waals surface area contributed by atoms with Crippen molar-refractivity contribution in [1.82, 2.24) is 0 Å². The van der Waals surface area contributed by atoms with Crippen molar-refractivity contribution in [2.75, 3.05) is 13.2 Å². The molecule has 2 aromatic carbocycles. The molecule has 1 aliphatic rings. The van der Waals surface area contributed by atoms with Crippen LogP contribution in [0.3, 0.4) is 0 Å². The molecule has 108 valence electrons. The fourth-order valence-corrected chi connectivity index (χ4v) is 2.31. The van der Waals surface area contributed by atoms with E-state index in [1.165, 1.54) is 5.56 Å². The van der Waals surface area contributed by atoms with Crippen LogP contribution in [0.2, 0.25) is 0 Å². The van der Waals surface area contributed by atoms with Gasteiger partial charge < -0.3 is 15.2 Å². The highest BCUT2D eigenvalue weighted by Crippen LogP contribution is 2.22. The smallest absolute Gasteiger partial charge is 0.282 e. The number of rotatable bonds is 5. The van der Waals surface area contributed by atoms with Crippen LogP contribution in [0.1, 0.15) is 11.1 Å². The zero-order valence-electron chi connectivity index (χ0n) is 11.7. The van der Waals surface area contributed by atoms with Crippen LogP contribution in [0.5, 0.6) is 5.75 Å². The van der Waals surface area contributed by atoms with Crippen molar-refractivity contribution in [3.05, 3.63) is 65.7 Å². The molecule has 0 saturated carbocycles. The molecular weight excluding hydrogens is 264 g/mol. The number of hydrogen-bond acceptors (Lipinski definition) is 4. The Bertz CT molecular complexity index is 626. The van der Waals surface area contributed by atoms with E-state index in [4.69, 9.17) is 15.2 Å². The monoisotopic (exact) mass is 282 g/mol. The minimum atomic E-state index is -0.0882. The average molecular weight is 282 g/mol. The van der Waals surface area contributed by atoms with Crippen LogP contribution in [-0.4, -0.2) is 25.3 Å². The molecule has 0 amide bonds.